The van der Waals surface area contributed by atoms with Crippen LogP contribution in [0, 0.1) is 0 Å². The van der Waals surface area contributed by atoms with Crippen molar-refractivity contribution in [2.45, 2.75) is 89.9 Å². The van der Waals surface area contributed by atoms with Crippen LogP contribution in [0.15, 0.2) is 17.5 Å². The monoisotopic (exact) mass is 448 g/mol. The van der Waals surface area contributed by atoms with Gasteiger partial charge in [0.25, 0.3) is 0 Å². The fraction of sp³-hybridized carbons (Fsp3) is 0.750. The molecule has 132 valence electrons. The van der Waals surface area contributed by atoms with E-state index >= 15 is 0 Å². The van der Waals surface area contributed by atoms with E-state index in [4.69, 9.17) is 0 Å². The number of unbranched alkanes of at least 4 members (excludes halogenated alkanes) is 12. The molecule has 1 heterocycles. The minimum absolute atomic E-state index is 0.332. The van der Waals surface area contributed by atoms with Crippen molar-refractivity contribution < 1.29 is 4.79 Å². The zero-order valence-electron chi connectivity index (χ0n) is 14.5. The molecule has 0 atom stereocenters. The maximum Gasteiger partial charge on any atom is 0.172 e. The molecule has 0 radical (unpaired) electrons. The molecule has 0 saturated carbocycles. The summed E-state index contributed by atoms with van der Waals surface area (Å²) in [6.45, 7) is 0. The molecule has 23 heavy (non-hydrogen) atoms. The van der Waals surface area contributed by atoms with Crippen LogP contribution in [-0.2, 0) is 0 Å². The molecule has 0 aromatic carbocycles. The Morgan fingerprint density at radius 3 is 1.70 bits per heavy atom. The first kappa shape index (κ1) is 21.1. The highest BCUT2D eigenvalue weighted by Crippen LogP contribution is 2.16. The fourth-order valence-corrected chi connectivity index (χ4v) is 4.12. The number of hydrogen-bond acceptors (Lipinski definition) is 2. The van der Waals surface area contributed by atoms with Crippen LogP contribution >= 0.6 is 33.9 Å². The summed E-state index contributed by atoms with van der Waals surface area (Å²) in [5, 5.41) is 1.98. The molecule has 0 unspecified atom stereocenters. The molecule has 0 bridgehead atoms. The third kappa shape index (κ3) is 12.2. The summed E-state index contributed by atoms with van der Waals surface area (Å²) in [5.41, 5.74) is 0. The summed E-state index contributed by atoms with van der Waals surface area (Å²) in [6.07, 6.45) is 18.4. The molecule has 1 aromatic heterocycles. The third-order valence-corrected chi connectivity index (χ3v) is 6.01. The Labute approximate surface area is 160 Å². The molecule has 0 spiro atoms. The summed E-state index contributed by atoms with van der Waals surface area (Å²) in [7, 11) is 0. The van der Waals surface area contributed by atoms with Crippen LogP contribution in [0.25, 0.3) is 0 Å². The van der Waals surface area contributed by atoms with Gasteiger partial charge in [0.05, 0.1) is 4.88 Å². The largest absolute Gasteiger partial charge is 0.293 e. The number of halogens is 1. The van der Waals surface area contributed by atoms with E-state index in [1.165, 1.54) is 81.5 Å². The van der Waals surface area contributed by atoms with Gasteiger partial charge in [-0.1, -0.05) is 99.3 Å². The van der Waals surface area contributed by atoms with Gasteiger partial charge in [0.2, 0.25) is 0 Å². The molecule has 1 aromatic rings. The Bertz CT molecular complexity index is 375. The van der Waals surface area contributed by atoms with Crippen molar-refractivity contribution in [3.8, 4) is 0 Å². The second kappa shape index (κ2) is 15.6. The summed E-state index contributed by atoms with van der Waals surface area (Å²) < 4.78 is 1.32. The smallest absolute Gasteiger partial charge is 0.172 e. The first-order chi connectivity index (χ1) is 11.3. The van der Waals surface area contributed by atoms with Crippen molar-refractivity contribution in [2.24, 2.45) is 0 Å². The third-order valence-electron chi connectivity index (χ3n) is 4.33. The molecule has 1 rings (SSSR count). The van der Waals surface area contributed by atoms with Crippen LogP contribution in [0.4, 0.5) is 0 Å². The molecule has 3 heteroatoms. The maximum atomic E-state index is 11.8. The van der Waals surface area contributed by atoms with E-state index in [-0.39, 0.29) is 0 Å². The van der Waals surface area contributed by atoms with Crippen molar-refractivity contribution in [1.82, 2.24) is 0 Å². The first-order valence-corrected chi connectivity index (χ1v) is 11.9. The number of carbonyl (C=O) groups is 1. The number of hydrogen-bond donors (Lipinski definition) is 0. The zero-order chi connectivity index (χ0) is 16.6. The average molecular weight is 448 g/mol. The standard InChI is InChI=1S/C20H33IOS/c21-17-13-11-9-7-5-3-1-2-4-6-8-10-12-15-19(22)20-16-14-18-23-20/h14,16,18H,1-13,15,17H2. The number of carbonyl (C=O) groups excluding carboxylic acids is 1. The van der Waals surface area contributed by atoms with Crippen LogP contribution in [0.1, 0.15) is 99.6 Å². The SMILES string of the molecule is O=C(CCCCCCCCCCCCCCCI)c1cccs1. The predicted octanol–water partition coefficient (Wildman–Crippen LogP) is 7.83. The second-order valence-electron chi connectivity index (χ2n) is 6.44. The summed E-state index contributed by atoms with van der Waals surface area (Å²) in [5.74, 6) is 0.332. The van der Waals surface area contributed by atoms with Gasteiger partial charge < -0.3 is 0 Å². The van der Waals surface area contributed by atoms with Gasteiger partial charge in [-0.3, -0.25) is 4.79 Å². The van der Waals surface area contributed by atoms with Crippen LogP contribution in [0.2, 0.25) is 0 Å². The quantitative estimate of drug-likeness (QED) is 0.109. The summed E-state index contributed by atoms with van der Waals surface area (Å²) >= 11 is 4.04. The van der Waals surface area contributed by atoms with Crippen LogP contribution in [-0.4, -0.2) is 10.2 Å². The molecular formula is C20H33IOS. The Morgan fingerprint density at radius 1 is 0.783 bits per heavy atom. The Hall–Kier alpha value is 0.1000. The second-order valence-corrected chi connectivity index (χ2v) is 8.46. The minimum Gasteiger partial charge on any atom is -0.293 e. The van der Waals surface area contributed by atoms with Gasteiger partial charge in [-0.2, -0.15) is 0 Å². The topological polar surface area (TPSA) is 17.1 Å². The Kier molecular flexibility index (Phi) is 14.4. The normalized spacial score (nSPS) is 11.0. The van der Waals surface area contributed by atoms with E-state index in [2.05, 4.69) is 22.6 Å². The first-order valence-electron chi connectivity index (χ1n) is 9.47. The minimum atomic E-state index is 0.332. The molecule has 0 aliphatic rings. The lowest BCUT2D eigenvalue weighted by atomic mass is 10.0. The van der Waals surface area contributed by atoms with Crippen LogP contribution in [0.3, 0.4) is 0 Å². The number of rotatable bonds is 16. The van der Waals surface area contributed by atoms with Gasteiger partial charge >= 0.3 is 0 Å². The van der Waals surface area contributed by atoms with Gasteiger partial charge in [-0.05, 0) is 28.7 Å². The summed E-state index contributed by atoms with van der Waals surface area (Å²) in [6, 6.07) is 3.90. The molecule has 0 saturated heterocycles. The zero-order valence-corrected chi connectivity index (χ0v) is 17.5. The predicted molar refractivity (Wildman–Crippen MR) is 112 cm³/mol. The van der Waals surface area contributed by atoms with Gasteiger partial charge in [0.15, 0.2) is 5.78 Å². The van der Waals surface area contributed by atoms with Gasteiger partial charge in [-0.15, -0.1) is 11.3 Å². The Morgan fingerprint density at radius 2 is 1.26 bits per heavy atom. The lowest BCUT2D eigenvalue weighted by Crippen LogP contribution is -1.95. The van der Waals surface area contributed by atoms with E-state index in [9.17, 15) is 4.79 Å². The molecular weight excluding hydrogens is 415 g/mol. The van der Waals surface area contributed by atoms with Gasteiger partial charge in [-0.25, -0.2) is 0 Å². The lowest BCUT2D eigenvalue weighted by Gasteiger charge is -2.03. The van der Waals surface area contributed by atoms with Crippen molar-refractivity contribution in [3.63, 3.8) is 0 Å². The number of thiophene rings is 1. The van der Waals surface area contributed by atoms with E-state index in [0.29, 0.717) is 5.78 Å². The highest BCUT2D eigenvalue weighted by atomic mass is 127. The molecule has 0 aliphatic carbocycles. The lowest BCUT2D eigenvalue weighted by molar-refractivity contribution is 0.0983. The fourth-order valence-electron chi connectivity index (χ4n) is 2.89. The number of ketones is 1. The van der Waals surface area contributed by atoms with Crippen molar-refractivity contribution in [3.05, 3.63) is 22.4 Å². The number of alkyl halides is 1. The van der Waals surface area contributed by atoms with Crippen molar-refractivity contribution >= 4 is 39.7 Å². The molecule has 0 fully saturated rings. The van der Waals surface area contributed by atoms with Crippen molar-refractivity contribution in [1.29, 1.82) is 0 Å². The maximum absolute atomic E-state index is 11.8. The van der Waals surface area contributed by atoms with Gasteiger partial charge in [0.1, 0.15) is 0 Å². The molecule has 0 N–H and O–H groups in total. The van der Waals surface area contributed by atoms with E-state index in [1.807, 2.05) is 17.5 Å². The average Bonchev–Trinajstić information content (AvgIpc) is 3.09. The van der Waals surface area contributed by atoms with E-state index in [1.54, 1.807) is 11.3 Å². The molecule has 0 aliphatic heterocycles. The molecule has 1 nitrogen and oxygen atoms in total. The highest BCUT2D eigenvalue weighted by Gasteiger charge is 2.05. The highest BCUT2D eigenvalue weighted by molar-refractivity contribution is 14.1. The van der Waals surface area contributed by atoms with Gasteiger partial charge in [0, 0.05) is 6.42 Å². The summed E-state index contributed by atoms with van der Waals surface area (Å²) in [4.78, 5) is 12.8. The van der Waals surface area contributed by atoms with E-state index in [0.717, 1.165) is 17.7 Å². The van der Waals surface area contributed by atoms with E-state index < -0.39 is 0 Å². The van der Waals surface area contributed by atoms with Crippen LogP contribution < -0.4 is 0 Å². The van der Waals surface area contributed by atoms with Crippen molar-refractivity contribution in [2.75, 3.05) is 4.43 Å². The van der Waals surface area contributed by atoms with Crippen LogP contribution in [0.5, 0.6) is 0 Å². The molecule has 0 amide bonds. The Balaban J connectivity index is 1.76. The number of Topliss-reactive ketones (excluding diaryl/α,β-unsaturated/α-hetero) is 1.